The molecule has 0 aliphatic heterocycles. The molecule has 1 aromatic heterocycles. The van der Waals surface area contributed by atoms with Gasteiger partial charge in [-0.3, -0.25) is 14.6 Å². The minimum atomic E-state index is -0.610. The Labute approximate surface area is 319 Å². The van der Waals surface area contributed by atoms with Gasteiger partial charge in [-0.15, -0.1) is 0 Å². The van der Waals surface area contributed by atoms with Crippen LogP contribution in [0.15, 0.2) is 60.8 Å². The summed E-state index contributed by atoms with van der Waals surface area (Å²) >= 11 is 0. The topological polar surface area (TPSA) is 91.3 Å². The lowest BCUT2D eigenvalue weighted by atomic mass is 9.32. The summed E-state index contributed by atoms with van der Waals surface area (Å²) in [6.07, 6.45) is 13.2. The number of rotatable bonds is 8. The zero-order valence-corrected chi connectivity index (χ0v) is 34.0. The van der Waals surface area contributed by atoms with E-state index in [4.69, 9.17) is 0 Å². The van der Waals surface area contributed by atoms with Crippen LogP contribution in [-0.4, -0.2) is 34.6 Å². The second-order valence-electron chi connectivity index (χ2n) is 20.2. The average molecular weight is 722 g/mol. The quantitative estimate of drug-likeness (QED) is 0.237. The monoisotopic (exact) mass is 722 g/mol. The zero-order valence-electron chi connectivity index (χ0n) is 34.0. The van der Waals surface area contributed by atoms with Gasteiger partial charge in [-0.05, 0) is 172 Å². The largest absolute Gasteiger partial charge is 0.393 e. The number of aromatic nitrogens is 1. The number of amides is 2. The molecule has 5 saturated carbocycles. The maximum atomic E-state index is 14.7. The molecule has 2 aromatic rings. The van der Waals surface area contributed by atoms with E-state index in [0.717, 1.165) is 49.8 Å². The predicted molar refractivity (Wildman–Crippen MR) is 213 cm³/mol. The Morgan fingerprint density at radius 1 is 0.887 bits per heavy atom. The van der Waals surface area contributed by atoms with Crippen LogP contribution < -0.4 is 10.6 Å². The maximum Gasteiger partial charge on any atom is 0.252 e. The number of allylic oxidation sites excluding steroid dienone is 1. The van der Waals surface area contributed by atoms with Crippen LogP contribution in [0.2, 0.25) is 0 Å². The molecule has 0 saturated heterocycles. The first-order valence-corrected chi connectivity index (χ1v) is 20.9. The van der Waals surface area contributed by atoms with Gasteiger partial charge < -0.3 is 15.7 Å². The molecule has 10 atom stereocenters. The van der Waals surface area contributed by atoms with Gasteiger partial charge in [0.05, 0.1) is 22.8 Å². The number of hydrogen-bond acceptors (Lipinski definition) is 4. The summed E-state index contributed by atoms with van der Waals surface area (Å²) in [4.78, 5) is 32.5. The van der Waals surface area contributed by atoms with Gasteiger partial charge in [0.25, 0.3) is 5.91 Å². The van der Waals surface area contributed by atoms with Crippen molar-refractivity contribution < 1.29 is 14.7 Å². The molecule has 0 bridgehead atoms. The van der Waals surface area contributed by atoms with Gasteiger partial charge in [-0.1, -0.05) is 65.0 Å². The standard InChI is InChI=1S/C47H67N3O3/c1-30(2)33-18-24-47(41(53)49-28-21-31-13-12-14-32(29-31)40(52)50-43(5,6)37-15-10-11-27-48-37)26-25-45(8)34(39(33)47)16-17-36-44(7)22-20-38(51)42(3,4)35(44)19-23-46(36,45)9/h10-15,27,29,33-36,38-39,51H,1,16-26,28H2,2-9H3,(H,49,53)(H,50,52)/t33-,34?,35?,36?,38-,39?,44-,45+,46+,47-/m0/s1. The van der Waals surface area contributed by atoms with Crippen LogP contribution in [0.1, 0.15) is 141 Å². The van der Waals surface area contributed by atoms with Crippen LogP contribution in [0.5, 0.6) is 0 Å². The molecule has 1 aromatic carbocycles. The van der Waals surface area contributed by atoms with Gasteiger partial charge in [0.15, 0.2) is 0 Å². The highest BCUT2D eigenvalue weighted by Crippen LogP contribution is 2.77. The van der Waals surface area contributed by atoms with Crippen LogP contribution >= 0.6 is 0 Å². The third-order valence-electron chi connectivity index (χ3n) is 17.1. The van der Waals surface area contributed by atoms with E-state index in [2.05, 4.69) is 69.8 Å². The summed E-state index contributed by atoms with van der Waals surface area (Å²) in [5.41, 5.74) is 3.33. The molecular formula is C47H67N3O3. The number of aliphatic hydroxyl groups is 1. The van der Waals surface area contributed by atoms with E-state index < -0.39 is 5.54 Å². The summed E-state index contributed by atoms with van der Waals surface area (Å²) in [5.74, 6) is 2.50. The maximum absolute atomic E-state index is 14.7. The second kappa shape index (κ2) is 13.3. The van der Waals surface area contributed by atoms with Gasteiger partial charge >= 0.3 is 0 Å². The summed E-state index contributed by atoms with van der Waals surface area (Å²) < 4.78 is 0. The molecule has 0 radical (unpaired) electrons. The van der Waals surface area contributed by atoms with Crippen molar-refractivity contribution >= 4 is 11.8 Å². The molecular weight excluding hydrogens is 655 g/mol. The first-order valence-electron chi connectivity index (χ1n) is 20.9. The molecule has 3 N–H and O–H groups in total. The first kappa shape index (κ1) is 38.3. The lowest BCUT2D eigenvalue weighted by molar-refractivity contribution is -0.246. The third kappa shape index (κ3) is 5.94. The fourth-order valence-corrected chi connectivity index (χ4v) is 14.0. The summed E-state index contributed by atoms with van der Waals surface area (Å²) in [6, 6.07) is 13.5. The van der Waals surface area contributed by atoms with Crippen molar-refractivity contribution in [3.05, 3.63) is 77.6 Å². The van der Waals surface area contributed by atoms with E-state index >= 15 is 0 Å². The summed E-state index contributed by atoms with van der Waals surface area (Å²) in [5, 5.41) is 17.7. The number of benzene rings is 1. The Bertz CT molecular complexity index is 1730. The van der Waals surface area contributed by atoms with Gasteiger partial charge in [-0.2, -0.15) is 0 Å². The minimum absolute atomic E-state index is 0.0485. The highest BCUT2D eigenvalue weighted by molar-refractivity contribution is 5.94. The van der Waals surface area contributed by atoms with Crippen LogP contribution in [-0.2, 0) is 16.8 Å². The highest BCUT2D eigenvalue weighted by Gasteiger charge is 2.71. The predicted octanol–water partition coefficient (Wildman–Crippen LogP) is 9.42. The van der Waals surface area contributed by atoms with Gasteiger partial charge in [-0.25, -0.2) is 0 Å². The lowest BCUT2D eigenvalue weighted by Crippen LogP contribution is -2.67. The van der Waals surface area contributed by atoms with Gasteiger partial charge in [0.2, 0.25) is 5.91 Å². The van der Waals surface area contributed by atoms with E-state index in [-0.39, 0.29) is 45.0 Å². The van der Waals surface area contributed by atoms with Crippen molar-refractivity contribution in [2.24, 2.45) is 56.7 Å². The smallest absolute Gasteiger partial charge is 0.252 e. The number of pyridine rings is 1. The minimum Gasteiger partial charge on any atom is -0.393 e. The van der Waals surface area contributed by atoms with E-state index in [9.17, 15) is 14.7 Å². The van der Waals surface area contributed by atoms with E-state index in [1.165, 1.54) is 31.3 Å². The van der Waals surface area contributed by atoms with Crippen LogP contribution in [0.25, 0.3) is 0 Å². The number of carbonyl (C=O) groups excluding carboxylic acids is 2. The average Bonchev–Trinajstić information content (AvgIpc) is 3.52. The number of carbonyl (C=O) groups is 2. The Morgan fingerprint density at radius 3 is 2.38 bits per heavy atom. The van der Waals surface area contributed by atoms with Crippen molar-refractivity contribution in [1.82, 2.24) is 15.6 Å². The number of nitrogens with zero attached hydrogens (tertiary/aromatic N) is 1. The molecule has 4 unspecified atom stereocenters. The summed E-state index contributed by atoms with van der Waals surface area (Å²) in [7, 11) is 0. The second-order valence-corrected chi connectivity index (χ2v) is 20.2. The van der Waals surface area contributed by atoms with E-state index in [0.29, 0.717) is 48.1 Å². The fourth-order valence-electron chi connectivity index (χ4n) is 14.0. The molecule has 5 fully saturated rings. The molecule has 0 spiro atoms. The van der Waals surface area contributed by atoms with Gasteiger partial charge in [0, 0.05) is 18.3 Å². The molecule has 5 aliphatic carbocycles. The number of hydrogen-bond donors (Lipinski definition) is 3. The normalized spacial score (nSPS) is 38.7. The summed E-state index contributed by atoms with van der Waals surface area (Å²) in [6.45, 7) is 23.8. The number of nitrogens with one attached hydrogen (secondary N) is 2. The molecule has 1 heterocycles. The molecule has 288 valence electrons. The highest BCUT2D eigenvalue weighted by atomic mass is 16.3. The fraction of sp³-hybridized carbons (Fsp3) is 0.681. The Morgan fingerprint density at radius 2 is 1.66 bits per heavy atom. The molecule has 7 rings (SSSR count). The van der Waals surface area contributed by atoms with Gasteiger partial charge in [0.1, 0.15) is 0 Å². The van der Waals surface area contributed by atoms with Crippen molar-refractivity contribution in [2.75, 3.05) is 6.54 Å². The molecule has 2 amide bonds. The van der Waals surface area contributed by atoms with E-state index in [1.807, 2.05) is 50.2 Å². The molecule has 6 nitrogen and oxygen atoms in total. The van der Waals surface area contributed by atoms with E-state index in [1.54, 1.807) is 6.20 Å². The number of aliphatic hydroxyl groups excluding tert-OH is 1. The Kier molecular flexibility index (Phi) is 9.64. The van der Waals surface area contributed by atoms with Crippen LogP contribution in [0.3, 0.4) is 0 Å². The van der Waals surface area contributed by atoms with Crippen molar-refractivity contribution in [3.63, 3.8) is 0 Å². The SMILES string of the molecule is C=C(C)[C@@H]1CC[C@]2(C(=O)NCCc3cccc(C(=O)NC(C)(C)c4ccccn4)c3)CC[C@]3(C)C(CCC4[C@@]5(C)CC[C@H](O)C(C)(C)C5CC[C@]43C)C12. The van der Waals surface area contributed by atoms with Crippen molar-refractivity contribution in [2.45, 2.75) is 138 Å². The lowest BCUT2D eigenvalue weighted by Gasteiger charge is -2.72. The van der Waals surface area contributed by atoms with Crippen LogP contribution in [0, 0.1) is 56.7 Å². The third-order valence-corrected chi connectivity index (χ3v) is 17.1. The van der Waals surface area contributed by atoms with Crippen molar-refractivity contribution in [3.8, 4) is 0 Å². The van der Waals surface area contributed by atoms with Crippen LogP contribution in [0.4, 0.5) is 0 Å². The van der Waals surface area contributed by atoms with Crippen molar-refractivity contribution in [1.29, 1.82) is 0 Å². The Balaban J connectivity index is 1.07. The molecule has 6 heteroatoms. The zero-order chi connectivity index (χ0) is 38.2. The molecule has 5 aliphatic rings. The number of fused-ring (bicyclic) bond motifs is 7. The molecule has 53 heavy (non-hydrogen) atoms. The first-order chi connectivity index (χ1) is 24.9. The Hall–Kier alpha value is -2.99.